The largest absolute Gasteiger partial charge is 0.494 e. The number of benzene rings is 1. The molecule has 1 aromatic rings. The molecule has 6 heteroatoms. The summed E-state index contributed by atoms with van der Waals surface area (Å²) in [5, 5.41) is 15.2. The van der Waals surface area contributed by atoms with Gasteiger partial charge in [0.2, 0.25) is 5.91 Å². The number of aliphatic hydroxyl groups excluding tert-OH is 1. The summed E-state index contributed by atoms with van der Waals surface area (Å²) in [5.41, 5.74) is 0.461. The van der Waals surface area contributed by atoms with Crippen LogP contribution in [0.3, 0.4) is 0 Å². The van der Waals surface area contributed by atoms with Gasteiger partial charge in [-0.05, 0) is 37.1 Å². The molecular formula is C18H28N2O4. The lowest BCUT2D eigenvalue weighted by molar-refractivity contribution is -0.120. The first-order chi connectivity index (χ1) is 11.5. The molecule has 0 unspecified atom stereocenters. The van der Waals surface area contributed by atoms with E-state index in [-0.39, 0.29) is 30.8 Å². The van der Waals surface area contributed by atoms with Crippen LogP contribution in [0.1, 0.15) is 44.0 Å². The fourth-order valence-corrected chi connectivity index (χ4v) is 2.41. The molecule has 0 saturated carbocycles. The molecule has 0 aromatic heterocycles. The average molecular weight is 336 g/mol. The highest BCUT2D eigenvalue weighted by Gasteiger charge is 2.16. The van der Waals surface area contributed by atoms with E-state index in [1.54, 1.807) is 24.3 Å². The maximum Gasteiger partial charge on any atom is 0.251 e. The molecule has 0 saturated heterocycles. The van der Waals surface area contributed by atoms with Crippen molar-refractivity contribution in [1.29, 1.82) is 0 Å². The van der Waals surface area contributed by atoms with Gasteiger partial charge in [0.1, 0.15) is 5.75 Å². The maximum absolute atomic E-state index is 12.0. The molecule has 0 aliphatic carbocycles. The second kappa shape index (κ2) is 10.6. The van der Waals surface area contributed by atoms with Crippen LogP contribution >= 0.6 is 0 Å². The Kier molecular flexibility index (Phi) is 8.86. The number of amides is 2. The van der Waals surface area contributed by atoms with Crippen molar-refractivity contribution in [3.63, 3.8) is 0 Å². The summed E-state index contributed by atoms with van der Waals surface area (Å²) >= 11 is 0. The molecule has 3 N–H and O–H groups in total. The van der Waals surface area contributed by atoms with Crippen LogP contribution in [0, 0.1) is 5.92 Å². The lowest BCUT2D eigenvalue weighted by atomic mass is 9.96. The molecule has 0 aliphatic rings. The van der Waals surface area contributed by atoms with Crippen molar-refractivity contribution >= 4 is 11.8 Å². The van der Waals surface area contributed by atoms with Gasteiger partial charge in [0.15, 0.2) is 0 Å². The topological polar surface area (TPSA) is 87.7 Å². The van der Waals surface area contributed by atoms with Crippen molar-refractivity contribution in [2.75, 3.05) is 19.7 Å². The van der Waals surface area contributed by atoms with Gasteiger partial charge in [0, 0.05) is 12.1 Å². The van der Waals surface area contributed by atoms with Crippen LogP contribution in [0.4, 0.5) is 0 Å². The summed E-state index contributed by atoms with van der Waals surface area (Å²) in [6.07, 6.45) is 1.16. The summed E-state index contributed by atoms with van der Waals surface area (Å²) in [7, 11) is 0. The Morgan fingerprint density at radius 3 is 2.25 bits per heavy atom. The predicted octanol–water partition coefficient (Wildman–Crippen LogP) is 1.73. The number of nitrogens with one attached hydrogen (secondary N) is 2. The Labute approximate surface area is 143 Å². The lowest BCUT2D eigenvalue weighted by Gasteiger charge is -2.20. The molecule has 0 spiro atoms. The van der Waals surface area contributed by atoms with E-state index in [1.807, 2.05) is 20.8 Å². The molecule has 0 bridgehead atoms. The van der Waals surface area contributed by atoms with E-state index in [1.165, 1.54) is 0 Å². The minimum Gasteiger partial charge on any atom is -0.494 e. The van der Waals surface area contributed by atoms with Crippen LogP contribution < -0.4 is 15.4 Å². The van der Waals surface area contributed by atoms with Crippen LogP contribution in [0.25, 0.3) is 0 Å². The first kappa shape index (κ1) is 20.0. The predicted molar refractivity (Wildman–Crippen MR) is 93.0 cm³/mol. The second-order valence-electron chi connectivity index (χ2n) is 5.59. The van der Waals surface area contributed by atoms with Crippen LogP contribution in [0.15, 0.2) is 24.3 Å². The summed E-state index contributed by atoms with van der Waals surface area (Å²) in [5.74, 6) is 0.221. The quantitative estimate of drug-likeness (QED) is 0.607. The molecule has 0 heterocycles. The number of hydrogen-bond donors (Lipinski definition) is 3. The zero-order chi connectivity index (χ0) is 17.9. The monoisotopic (exact) mass is 336 g/mol. The second-order valence-corrected chi connectivity index (χ2v) is 5.59. The molecule has 0 radical (unpaired) electrons. The number of hydrogen-bond acceptors (Lipinski definition) is 4. The van der Waals surface area contributed by atoms with Gasteiger partial charge in [0.25, 0.3) is 5.91 Å². The number of ether oxygens (including phenoxy) is 1. The van der Waals surface area contributed by atoms with Crippen molar-refractivity contribution < 1.29 is 19.4 Å². The molecule has 0 fully saturated rings. The molecule has 6 nitrogen and oxygen atoms in total. The van der Waals surface area contributed by atoms with Crippen LogP contribution in [-0.2, 0) is 4.79 Å². The van der Waals surface area contributed by atoms with Crippen molar-refractivity contribution in [1.82, 2.24) is 10.6 Å². The first-order valence-electron chi connectivity index (χ1n) is 8.47. The number of aliphatic hydroxyl groups is 1. The zero-order valence-corrected chi connectivity index (χ0v) is 14.7. The molecular weight excluding hydrogens is 308 g/mol. The number of carbonyl (C=O) groups is 2. The smallest absolute Gasteiger partial charge is 0.251 e. The van der Waals surface area contributed by atoms with Gasteiger partial charge in [-0.1, -0.05) is 26.7 Å². The Morgan fingerprint density at radius 1 is 1.08 bits per heavy atom. The van der Waals surface area contributed by atoms with Crippen LogP contribution in [0.5, 0.6) is 5.75 Å². The van der Waals surface area contributed by atoms with Gasteiger partial charge in [-0.3, -0.25) is 9.59 Å². The Bertz CT molecular complexity index is 512. The van der Waals surface area contributed by atoms with E-state index in [4.69, 9.17) is 4.74 Å². The van der Waals surface area contributed by atoms with Crippen molar-refractivity contribution in [2.24, 2.45) is 5.92 Å². The standard InChI is InChI=1S/C18H28N2O4/c1-4-13(5-2)16(21)11-19-17(22)12-20-18(23)14-7-9-15(10-8-14)24-6-3/h7-10,13,16,21H,4-6,11-12H2,1-3H3,(H,19,22)(H,20,23)/t16-/m1/s1. The number of rotatable bonds is 10. The molecule has 1 rings (SSSR count). The highest BCUT2D eigenvalue weighted by Crippen LogP contribution is 2.12. The van der Waals surface area contributed by atoms with E-state index in [2.05, 4.69) is 10.6 Å². The van der Waals surface area contributed by atoms with Gasteiger partial charge < -0.3 is 20.5 Å². The molecule has 1 aromatic carbocycles. The van der Waals surface area contributed by atoms with Crippen molar-refractivity contribution in [3.8, 4) is 5.75 Å². The summed E-state index contributed by atoms with van der Waals surface area (Å²) < 4.78 is 5.31. The third-order valence-corrected chi connectivity index (χ3v) is 3.94. The minimum atomic E-state index is -0.564. The Morgan fingerprint density at radius 2 is 1.71 bits per heavy atom. The van der Waals surface area contributed by atoms with Crippen LogP contribution in [-0.4, -0.2) is 42.7 Å². The van der Waals surface area contributed by atoms with Crippen molar-refractivity contribution in [2.45, 2.75) is 39.7 Å². The van der Waals surface area contributed by atoms with Gasteiger partial charge in [0.05, 0.1) is 19.3 Å². The van der Waals surface area contributed by atoms with Gasteiger partial charge in [-0.15, -0.1) is 0 Å². The van der Waals surface area contributed by atoms with E-state index in [0.29, 0.717) is 17.9 Å². The van der Waals surface area contributed by atoms with Crippen molar-refractivity contribution in [3.05, 3.63) is 29.8 Å². The van der Waals surface area contributed by atoms with Gasteiger partial charge in [-0.2, -0.15) is 0 Å². The first-order valence-corrected chi connectivity index (χ1v) is 8.47. The third kappa shape index (κ3) is 6.58. The van der Waals surface area contributed by atoms with E-state index in [9.17, 15) is 14.7 Å². The summed E-state index contributed by atoms with van der Waals surface area (Å²) in [4.78, 5) is 23.7. The number of carbonyl (C=O) groups excluding carboxylic acids is 2. The highest BCUT2D eigenvalue weighted by atomic mass is 16.5. The third-order valence-electron chi connectivity index (χ3n) is 3.94. The SMILES string of the molecule is CCOc1ccc(C(=O)NCC(=O)NC[C@@H](O)C(CC)CC)cc1. The van der Waals surface area contributed by atoms with Crippen LogP contribution in [0.2, 0.25) is 0 Å². The molecule has 1 atom stereocenters. The fourth-order valence-electron chi connectivity index (χ4n) is 2.41. The van der Waals surface area contributed by atoms with Gasteiger partial charge >= 0.3 is 0 Å². The molecule has 24 heavy (non-hydrogen) atoms. The molecule has 0 aliphatic heterocycles. The van der Waals surface area contributed by atoms with E-state index in [0.717, 1.165) is 12.8 Å². The van der Waals surface area contributed by atoms with E-state index < -0.39 is 6.10 Å². The normalized spacial score (nSPS) is 11.9. The summed E-state index contributed by atoms with van der Waals surface area (Å²) in [6, 6.07) is 6.72. The summed E-state index contributed by atoms with van der Waals surface area (Å²) in [6.45, 7) is 6.55. The van der Waals surface area contributed by atoms with E-state index >= 15 is 0 Å². The Balaban J connectivity index is 2.36. The molecule has 134 valence electrons. The maximum atomic E-state index is 12.0. The fraction of sp³-hybridized carbons (Fsp3) is 0.556. The lowest BCUT2D eigenvalue weighted by Crippen LogP contribution is -2.41. The highest BCUT2D eigenvalue weighted by molar-refractivity contribution is 5.96. The molecule has 2 amide bonds. The average Bonchev–Trinajstić information content (AvgIpc) is 2.59. The minimum absolute atomic E-state index is 0.123. The Hall–Kier alpha value is -2.08. The zero-order valence-electron chi connectivity index (χ0n) is 14.7. The van der Waals surface area contributed by atoms with Gasteiger partial charge in [-0.25, -0.2) is 0 Å².